The minimum atomic E-state index is 0.158. The Labute approximate surface area is 141 Å². The lowest BCUT2D eigenvalue weighted by molar-refractivity contribution is -0.132. The van der Waals surface area contributed by atoms with Gasteiger partial charge in [-0.2, -0.15) is 0 Å². The Bertz CT molecular complexity index is 530. The molecule has 1 aromatic rings. The number of piperazine rings is 1. The van der Waals surface area contributed by atoms with Gasteiger partial charge in [0.15, 0.2) is 0 Å². The average molecular weight is 345 g/mol. The monoisotopic (exact) mass is 344 g/mol. The van der Waals surface area contributed by atoms with E-state index in [-0.39, 0.29) is 11.9 Å². The molecule has 0 N–H and O–H groups in total. The fourth-order valence-corrected chi connectivity index (χ4v) is 2.85. The van der Waals surface area contributed by atoms with Crippen molar-refractivity contribution in [2.24, 2.45) is 0 Å². The van der Waals surface area contributed by atoms with Crippen molar-refractivity contribution < 1.29 is 4.79 Å². The minimum Gasteiger partial charge on any atom is -0.353 e. The van der Waals surface area contributed by atoms with Crippen molar-refractivity contribution in [1.82, 2.24) is 14.8 Å². The summed E-state index contributed by atoms with van der Waals surface area (Å²) in [5.74, 6) is 0.919. The molecular weight excluding hydrogens is 323 g/mol. The summed E-state index contributed by atoms with van der Waals surface area (Å²) in [6.45, 7) is 7.73. The molecule has 0 aromatic carbocycles. The molecule has 0 aliphatic carbocycles. The number of hydrogen-bond donors (Lipinski definition) is 0. The van der Waals surface area contributed by atoms with Crippen LogP contribution in [0.2, 0.25) is 10.0 Å². The van der Waals surface area contributed by atoms with Crippen LogP contribution < -0.4 is 4.90 Å². The molecular formula is C15H22Cl2N4O. The van der Waals surface area contributed by atoms with Crippen LogP contribution in [-0.2, 0) is 4.79 Å². The third kappa shape index (κ3) is 4.24. The maximum Gasteiger partial charge on any atom is 0.236 e. The van der Waals surface area contributed by atoms with Crippen molar-refractivity contribution in [2.45, 2.75) is 19.9 Å². The third-order valence-electron chi connectivity index (χ3n) is 3.99. The van der Waals surface area contributed by atoms with Gasteiger partial charge in [-0.3, -0.25) is 9.69 Å². The molecule has 122 valence electrons. The van der Waals surface area contributed by atoms with E-state index in [1.807, 2.05) is 20.9 Å². The number of rotatable bonds is 4. The first-order valence-corrected chi connectivity index (χ1v) is 8.18. The summed E-state index contributed by atoms with van der Waals surface area (Å²) >= 11 is 12.1. The van der Waals surface area contributed by atoms with E-state index >= 15 is 0 Å². The molecule has 0 atom stereocenters. The normalized spacial score (nSPS) is 16.2. The fraction of sp³-hybridized carbons (Fsp3) is 0.600. The molecule has 0 radical (unpaired) electrons. The fourth-order valence-electron chi connectivity index (χ4n) is 2.35. The predicted octanol–water partition coefficient (Wildman–Crippen LogP) is 2.38. The van der Waals surface area contributed by atoms with Gasteiger partial charge in [-0.15, -0.1) is 0 Å². The molecule has 1 saturated heterocycles. The zero-order chi connectivity index (χ0) is 16.3. The summed E-state index contributed by atoms with van der Waals surface area (Å²) in [4.78, 5) is 22.5. The molecule has 0 saturated carbocycles. The van der Waals surface area contributed by atoms with Crippen LogP contribution in [0.4, 0.5) is 5.82 Å². The van der Waals surface area contributed by atoms with E-state index in [0.29, 0.717) is 16.6 Å². The quantitative estimate of drug-likeness (QED) is 0.840. The molecule has 1 aliphatic heterocycles. The molecule has 0 bridgehead atoms. The zero-order valence-electron chi connectivity index (χ0n) is 13.2. The molecule has 1 amide bonds. The summed E-state index contributed by atoms with van der Waals surface area (Å²) in [6.07, 6.45) is 1.61. The summed E-state index contributed by atoms with van der Waals surface area (Å²) in [5, 5.41) is 1.10. The van der Waals surface area contributed by atoms with Crippen LogP contribution in [0, 0.1) is 0 Å². The van der Waals surface area contributed by atoms with Gasteiger partial charge in [0.25, 0.3) is 0 Å². The third-order valence-corrected chi connectivity index (χ3v) is 4.47. The van der Waals surface area contributed by atoms with Crippen LogP contribution >= 0.6 is 23.2 Å². The number of anilines is 1. The number of nitrogens with zero attached hydrogens (tertiary/aromatic N) is 4. The Kier molecular flexibility index (Phi) is 5.89. The van der Waals surface area contributed by atoms with Gasteiger partial charge < -0.3 is 9.80 Å². The van der Waals surface area contributed by atoms with Crippen LogP contribution in [-0.4, -0.2) is 66.5 Å². The van der Waals surface area contributed by atoms with Gasteiger partial charge in [-0.25, -0.2) is 4.98 Å². The van der Waals surface area contributed by atoms with Crippen LogP contribution in [0.1, 0.15) is 13.8 Å². The maximum atomic E-state index is 12.1. The molecule has 2 rings (SSSR count). The topological polar surface area (TPSA) is 39.7 Å². The summed E-state index contributed by atoms with van der Waals surface area (Å²) in [6, 6.07) is 1.93. The second-order valence-corrected chi connectivity index (χ2v) is 6.66. The largest absolute Gasteiger partial charge is 0.353 e. The number of carbonyl (C=O) groups excluding carboxylic acids is 1. The smallest absolute Gasteiger partial charge is 0.236 e. The summed E-state index contributed by atoms with van der Waals surface area (Å²) < 4.78 is 0. The van der Waals surface area contributed by atoms with Gasteiger partial charge in [0.2, 0.25) is 5.91 Å². The minimum absolute atomic E-state index is 0.158. The lowest BCUT2D eigenvalue weighted by Crippen LogP contribution is -2.50. The highest BCUT2D eigenvalue weighted by Gasteiger charge is 2.23. The lowest BCUT2D eigenvalue weighted by Gasteiger charge is -2.36. The SMILES string of the molecule is CC(C)N(C)C(=O)CN1CCN(c2ncc(Cl)cc2Cl)CC1. The lowest BCUT2D eigenvalue weighted by atomic mass is 10.2. The van der Waals surface area contributed by atoms with Crippen molar-refractivity contribution in [2.75, 3.05) is 44.7 Å². The highest BCUT2D eigenvalue weighted by molar-refractivity contribution is 6.36. The molecule has 22 heavy (non-hydrogen) atoms. The van der Waals surface area contributed by atoms with E-state index in [4.69, 9.17) is 23.2 Å². The number of hydrogen-bond acceptors (Lipinski definition) is 4. The molecule has 0 unspecified atom stereocenters. The Morgan fingerprint density at radius 1 is 1.32 bits per heavy atom. The summed E-state index contributed by atoms with van der Waals surface area (Å²) in [5.41, 5.74) is 0. The van der Waals surface area contributed by atoms with Crippen LogP contribution in [0.15, 0.2) is 12.3 Å². The first-order valence-electron chi connectivity index (χ1n) is 7.42. The van der Waals surface area contributed by atoms with Crippen LogP contribution in [0.25, 0.3) is 0 Å². The Hall–Kier alpha value is -1.04. The summed E-state index contributed by atoms with van der Waals surface area (Å²) in [7, 11) is 1.85. The van der Waals surface area contributed by atoms with Crippen LogP contribution in [0.3, 0.4) is 0 Å². The van der Waals surface area contributed by atoms with E-state index in [1.54, 1.807) is 17.2 Å². The van der Waals surface area contributed by atoms with Crippen LogP contribution in [0.5, 0.6) is 0 Å². The highest BCUT2D eigenvalue weighted by atomic mass is 35.5. The van der Waals surface area contributed by atoms with Gasteiger partial charge in [0.05, 0.1) is 16.6 Å². The van der Waals surface area contributed by atoms with Crippen molar-refractivity contribution in [3.05, 3.63) is 22.3 Å². The second kappa shape index (κ2) is 7.49. The standard InChI is InChI=1S/C15H22Cl2N4O/c1-11(2)19(3)14(22)10-20-4-6-21(7-5-20)15-13(17)8-12(16)9-18-15/h8-9,11H,4-7,10H2,1-3H3. The van der Waals surface area contributed by atoms with Gasteiger partial charge in [0, 0.05) is 45.5 Å². The van der Waals surface area contributed by atoms with Crippen molar-refractivity contribution in [1.29, 1.82) is 0 Å². The van der Waals surface area contributed by atoms with E-state index in [0.717, 1.165) is 32.0 Å². The maximum absolute atomic E-state index is 12.1. The molecule has 7 heteroatoms. The molecule has 1 aliphatic rings. The van der Waals surface area contributed by atoms with Gasteiger partial charge in [0.1, 0.15) is 5.82 Å². The Morgan fingerprint density at radius 2 is 1.95 bits per heavy atom. The highest BCUT2D eigenvalue weighted by Crippen LogP contribution is 2.26. The molecule has 5 nitrogen and oxygen atoms in total. The van der Waals surface area contributed by atoms with Gasteiger partial charge in [-0.1, -0.05) is 23.2 Å². The van der Waals surface area contributed by atoms with Crippen molar-refractivity contribution in [3.63, 3.8) is 0 Å². The van der Waals surface area contributed by atoms with E-state index in [9.17, 15) is 4.79 Å². The van der Waals surface area contributed by atoms with Crippen molar-refractivity contribution in [3.8, 4) is 0 Å². The first kappa shape index (κ1) is 17.3. The number of halogens is 2. The molecule has 2 heterocycles. The Morgan fingerprint density at radius 3 is 2.50 bits per heavy atom. The average Bonchev–Trinajstić information content (AvgIpc) is 2.47. The van der Waals surface area contributed by atoms with E-state index in [2.05, 4.69) is 14.8 Å². The Balaban J connectivity index is 1.89. The molecule has 1 fully saturated rings. The van der Waals surface area contributed by atoms with E-state index < -0.39 is 0 Å². The second-order valence-electron chi connectivity index (χ2n) is 5.82. The first-order chi connectivity index (χ1) is 10.4. The molecule has 1 aromatic heterocycles. The van der Waals surface area contributed by atoms with Crippen molar-refractivity contribution >= 4 is 34.9 Å². The van der Waals surface area contributed by atoms with Gasteiger partial charge >= 0.3 is 0 Å². The number of pyridine rings is 1. The number of aromatic nitrogens is 1. The zero-order valence-corrected chi connectivity index (χ0v) is 14.7. The van der Waals surface area contributed by atoms with Gasteiger partial charge in [-0.05, 0) is 19.9 Å². The van der Waals surface area contributed by atoms with E-state index in [1.165, 1.54) is 0 Å². The number of amides is 1. The molecule has 0 spiro atoms. The predicted molar refractivity (Wildman–Crippen MR) is 90.8 cm³/mol. The number of likely N-dealkylation sites (N-methyl/N-ethyl adjacent to an activating group) is 1. The number of carbonyl (C=O) groups is 1.